The van der Waals surface area contributed by atoms with Crippen LogP contribution in [0.2, 0.25) is 0 Å². The third-order valence-electron chi connectivity index (χ3n) is 4.96. The zero-order valence-corrected chi connectivity index (χ0v) is 13.5. The predicted molar refractivity (Wildman–Crippen MR) is 79.1 cm³/mol. The number of ether oxygens (including phenoxy) is 1. The second-order valence-corrected chi connectivity index (χ2v) is 6.51. The fourth-order valence-corrected chi connectivity index (χ4v) is 3.68. The maximum Gasteiger partial charge on any atom is 0.349 e. The molecular weight excluding hydrogens is 395 g/mol. The minimum absolute atomic E-state index is 0.192. The third kappa shape index (κ3) is 1.97. The van der Waals surface area contributed by atoms with Crippen molar-refractivity contribution in [2.45, 2.75) is 29.8 Å². The Kier molecular flexibility index (Phi) is 3.57. The third-order valence-corrected chi connectivity index (χ3v) is 4.96. The number of aliphatic hydroxyl groups is 1. The molecule has 0 amide bonds. The van der Waals surface area contributed by atoms with E-state index in [1.807, 2.05) is 0 Å². The number of hydrogen-bond acceptors (Lipinski definition) is 3. The fraction of sp³-hybridized carbons (Fsp3) is 0.278. The Bertz CT molecular complexity index is 1050. The van der Waals surface area contributed by atoms with E-state index in [-0.39, 0.29) is 11.3 Å². The Morgan fingerprint density at radius 2 is 1.75 bits per heavy atom. The lowest BCUT2D eigenvalue weighted by atomic mass is 9.93. The highest BCUT2D eigenvalue weighted by Gasteiger charge is 2.82. The highest BCUT2D eigenvalue weighted by atomic mass is 19.3. The molecule has 0 fully saturated rings. The minimum Gasteiger partial charge on any atom is -0.457 e. The Hall–Kier alpha value is -2.80. The van der Waals surface area contributed by atoms with E-state index in [1.54, 1.807) is 6.07 Å². The summed E-state index contributed by atoms with van der Waals surface area (Å²) >= 11 is 0. The van der Waals surface area contributed by atoms with Gasteiger partial charge in [0.1, 0.15) is 17.3 Å². The van der Waals surface area contributed by atoms with Crippen LogP contribution in [0.4, 0.5) is 30.7 Å². The van der Waals surface area contributed by atoms with E-state index in [0.717, 1.165) is 18.2 Å². The van der Waals surface area contributed by atoms with E-state index in [0.29, 0.717) is 12.1 Å². The Labute approximate surface area is 152 Å². The first-order valence-electron chi connectivity index (χ1n) is 7.79. The topological polar surface area (TPSA) is 53.2 Å². The molecule has 3 nitrogen and oxygen atoms in total. The molecule has 10 heteroatoms. The van der Waals surface area contributed by atoms with Crippen molar-refractivity contribution in [3.8, 4) is 17.6 Å². The molecule has 2 aliphatic carbocycles. The van der Waals surface area contributed by atoms with Gasteiger partial charge >= 0.3 is 11.8 Å². The Morgan fingerprint density at radius 3 is 2.39 bits per heavy atom. The second-order valence-electron chi connectivity index (χ2n) is 6.51. The first-order valence-corrected chi connectivity index (χ1v) is 7.79. The van der Waals surface area contributed by atoms with Crippen molar-refractivity contribution >= 4 is 0 Å². The normalized spacial score (nSPS) is 28.7. The van der Waals surface area contributed by atoms with Crippen molar-refractivity contribution in [2.75, 3.05) is 0 Å². The van der Waals surface area contributed by atoms with Crippen molar-refractivity contribution in [2.24, 2.45) is 0 Å². The first-order chi connectivity index (χ1) is 13.0. The van der Waals surface area contributed by atoms with Crippen LogP contribution >= 0.6 is 0 Å². The van der Waals surface area contributed by atoms with Crippen LogP contribution in [0.25, 0.3) is 0 Å². The van der Waals surface area contributed by atoms with Gasteiger partial charge in [0, 0.05) is 22.8 Å². The molecule has 2 aromatic carbocycles. The van der Waals surface area contributed by atoms with E-state index in [4.69, 9.17) is 10.00 Å². The summed E-state index contributed by atoms with van der Waals surface area (Å²) < 4.78 is 104. The monoisotopic (exact) mass is 403 g/mol. The van der Waals surface area contributed by atoms with Crippen LogP contribution in [0.5, 0.6) is 11.5 Å². The van der Waals surface area contributed by atoms with Crippen LogP contribution in [-0.2, 0) is 11.5 Å². The summed E-state index contributed by atoms with van der Waals surface area (Å²) in [5, 5.41) is 19.0. The van der Waals surface area contributed by atoms with Crippen molar-refractivity contribution < 1.29 is 40.6 Å². The molecule has 0 aromatic heterocycles. The van der Waals surface area contributed by atoms with Crippen molar-refractivity contribution in [3.63, 3.8) is 0 Å². The van der Waals surface area contributed by atoms with Gasteiger partial charge in [0.2, 0.25) is 0 Å². The van der Waals surface area contributed by atoms with Crippen LogP contribution in [0.15, 0.2) is 30.3 Å². The quantitative estimate of drug-likeness (QED) is 0.735. The highest BCUT2D eigenvalue weighted by Crippen LogP contribution is 2.69. The van der Waals surface area contributed by atoms with Crippen LogP contribution in [0, 0.1) is 17.1 Å². The van der Waals surface area contributed by atoms with E-state index < -0.39 is 58.0 Å². The lowest BCUT2D eigenvalue weighted by Crippen LogP contribution is -2.53. The molecule has 28 heavy (non-hydrogen) atoms. The van der Waals surface area contributed by atoms with Crippen LogP contribution in [0.1, 0.15) is 28.4 Å². The molecule has 0 spiro atoms. The zero-order valence-electron chi connectivity index (χ0n) is 13.5. The van der Waals surface area contributed by atoms with Gasteiger partial charge in [-0.2, -0.15) is 22.8 Å². The van der Waals surface area contributed by atoms with Crippen LogP contribution < -0.4 is 4.74 Å². The average Bonchev–Trinajstić information content (AvgIpc) is 2.90. The van der Waals surface area contributed by atoms with Gasteiger partial charge in [0.15, 0.2) is 17.9 Å². The van der Waals surface area contributed by atoms with Gasteiger partial charge in [-0.25, -0.2) is 13.2 Å². The zero-order chi connectivity index (χ0) is 20.6. The number of alkyl halides is 6. The smallest absolute Gasteiger partial charge is 0.349 e. The number of hydrogen-bond donors (Lipinski definition) is 1. The first kappa shape index (κ1) is 18.6. The molecule has 1 N–H and O–H groups in total. The van der Waals surface area contributed by atoms with Gasteiger partial charge in [-0.1, -0.05) is 0 Å². The van der Waals surface area contributed by atoms with Crippen molar-refractivity contribution in [1.29, 1.82) is 5.26 Å². The van der Waals surface area contributed by atoms with Crippen LogP contribution in [0.3, 0.4) is 0 Å². The lowest BCUT2D eigenvalue weighted by molar-refractivity contribution is -0.302. The predicted octanol–water partition coefficient (Wildman–Crippen LogP) is 4.78. The summed E-state index contributed by atoms with van der Waals surface area (Å²) in [5.41, 5.74) is -7.98. The molecule has 0 aliphatic heterocycles. The molecule has 0 bridgehead atoms. The Morgan fingerprint density at radius 1 is 1.07 bits per heavy atom. The maximum atomic E-state index is 14.5. The number of nitriles is 1. The molecule has 3 atom stereocenters. The summed E-state index contributed by atoms with van der Waals surface area (Å²) in [4.78, 5) is 0. The molecule has 146 valence electrons. The molecule has 2 aliphatic rings. The average molecular weight is 403 g/mol. The van der Waals surface area contributed by atoms with Crippen molar-refractivity contribution in [1.82, 2.24) is 0 Å². The second kappa shape index (κ2) is 5.38. The highest BCUT2D eigenvalue weighted by molar-refractivity contribution is 5.62. The Balaban J connectivity index is 1.92. The summed E-state index contributed by atoms with van der Waals surface area (Å²) in [6, 6.07) is 5.43. The van der Waals surface area contributed by atoms with Gasteiger partial charge in [-0.05, 0) is 24.3 Å². The van der Waals surface area contributed by atoms with Gasteiger partial charge in [0.05, 0.1) is 11.6 Å². The number of halogens is 7. The van der Waals surface area contributed by atoms with Gasteiger partial charge in [-0.15, -0.1) is 0 Å². The summed E-state index contributed by atoms with van der Waals surface area (Å²) in [6.07, 6.45) is -6.27. The maximum absolute atomic E-state index is 14.5. The van der Waals surface area contributed by atoms with Gasteiger partial charge < -0.3 is 9.84 Å². The standard InChI is InChI=1S/C18H8F7NO2/c19-8-3-7(6-26)4-9(5-8)28-11-2-1-10-13-12(11)14(20)15(21)16(13,27)18(24,25)17(10,22)23/h1-5,14-15,27H/t14-,15+,16+/m1/s1. The molecule has 0 saturated carbocycles. The van der Waals surface area contributed by atoms with Gasteiger partial charge in [0.25, 0.3) is 0 Å². The molecule has 4 rings (SSSR count). The number of benzene rings is 2. The SMILES string of the molecule is N#Cc1cc(F)cc(Oc2ccc3c4c2[C@@H](F)[C@H](F)[C@]4(O)C(F)(F)C3(F)F)c1. The van der Waals surface area contributed by atoms with E-state index in [9.17, 15) is 35.8 Å². The van der Waals surface area contributed by atoms with Crippen molar-refractivity contribution in [3.05, 3.63) is 58.4 Å². The molecular formula is C18H8F7NO2. The molecule has 2 aromatic rings. The van der Waals surface area contributed by atoms with E-state index >= 15 is 0 Å². The molecule has 0 heterocycles. The van der Waals surface area contributed by atoms with Gasteiger partial charge in [-0.3, -0.25) is 0 Å². The summed E-state index contributed by atoms with van der Waals surface area (Å²) in [5.74, 6) is -12.2. The molecule has 0 unspecified atom stereocenters. The molecule has 0 radical (unpaired) electrons. The molecule has 0 saturated heterocycles. The summed E-state index contributed by atoms with van der Waals surface area (Å²) in [6.45, 7) is 0. The lowest BCUT2D eigenvalue weighted by Gasteiger charge is -2.32. The number of nitrogens with zero attached hydrogens (tertiary/aromatic N) is 1. The minimum atomic E-state index is -5.30. The summed E-state index contributed by atoms with van der Waals surface area (Å²) in [7, 11) is 0. The van der Waals surface area contributed by atoms with E-state index in [2.05, 4.69) is 0 Å². The largest absolute Gasteiger partial charge is 0.457 e. The fourth-order valence-electron chi connectivity index (χ4n) is 3.68. The number of rotatable bonds is 2. The van der Waals surface area contributed by atoms with Crippen LogP contribution in [-0.4, -0.2) is 17.2 Å². The van der Waals surface area contributed by atoms with E-state index in [1.165, 1.54) is 0 Å².